The zero-order valence-corrected chi connectivity index (χ0v) is 11.8. The molecule has 3 rings (SSSR count). The first kappa shape index (κ1) is 12.5. The molecular formula is C16H26O2. The lowest BCUT2D eigenvalue weighted by Gasteiger charge is -2.47. The zero-order valence-electron chi connectivity index (χ0n) is 11.8. The fourth-order valence-electron chi connectivity index (χ4n) is 5.42. The van der Waals surface area contributed by atoms with E-state index in [4.69, 9.17) is 4.74 Å². The summed E-state index contributed by atoms with van der Waals surface area (Å²) in [4.78, 5) is 12.0. The molecule has 102 valence electrons. The molecule has 0 aromatic rings. The summed E-state index contributed by atoms with van der Waals surface area (Å²) in [5, 5.41) is 0. The van der Waals surface area contributed by atoms with Crippen LogP contribution in [-0.4, -0.2) is 12.6 Å². The largest absolute Gasteiger partial charge is 0.466 e. The lowest BCUT2D eigenvalue weighted by Crippen LogP contribution is -2.41. The number of fused-ring (bicyclic) bond motifs is 3. The average Bonchev–Trinajstić information content (AvgIpc) is 2.94. The Morgan fingerprint density at radius 1 is 1.33 bits per heavy atom. The van der Waals surface area contributed by atoms with Crippen molar-refractivity contribution in [2.45, 2.75) is 58.8 Å². The van der Waals surface area contributed by atoms with E-state index in [1.165, 1.54) is 32.1 Å². The molecule has 5 atom stereocenters. The van der Waals surface area contributed by atoms with Crippen LogP contribution in [0.5, 0.6) is 0 Å². The quantitative estimate of drug-likeness (QED) is 0.697. The van der Waals surface area contributed by atoms with E-state index in [1.54, 1.807) is 0 Å². The summed E-state index contributed by atoms with van der Waals surface area (Å²) >= 11 is 0. The van der Waals surface area contributed by atoms with Crippen LogP contribution in [0.15, 0.2) is 0 Å². The van der Waals surface area contributed by atoms with Crippen LogP contribution in [0.4, 0.5) is 0 Å². The fourth-order valence-corrected chi connectivity index (χ4v) is 5.42. The number of hydrogen-bond donors (Lipinski definition) is 0. The van der Waals surface area contributed by atoms with Gasteiger partial charge in [0.2, 0.25) is 0 Å². The normalized spacial score (nSPS) is 46.6. The van der Waals surface area contributed by atoms with Crippen LogP contribution in [0, 0.1) is 29.1 Å². The molecule has 2 heteroatoms. The van der Waals surface area contributed by atoms with Crippen LogP contribution < -0.4 is 0 Å². The molecule has 0 amide bonds. The molecule has 3 aliphatic carbocycles. The first-order valence-corrected chi connectivity index (χ1v) is 7.84. The maximum atomic E-state index is 12.0. The lowest BCUT2D eigenvalue weighted by molar-refractivity contribution is -0.152. The van der Waals surface area contributed by atoms with Crippen LogP contribution in [0.1, 0.15) is 58.8 Å². The molecular weight excluding hydrogens is 224 g/mol. The van der Waals surface area contributed by atoms with Crippen LogP contribution in [0.2, 0.25) is 0 Å². The van der Waals surface area contributed by atoms with E-state index in [1.807, 2.05) is 6.92 Å². The summed E-state index contributed by atoms with van der Waals surface area (Å²) in [5.41, 5.74) is 0.499. The standard InChI is InChI=1S/C16H26O2/c1-3-18-15(17)13-5-4-8-16(10-13)11(2)12-6-7-14(16)9-12/h11-14H,3-10H2,1-2H3/t11-,12-,13+,14+,16+/m0/s1. The van der Waals surface area contributed by atoms with Gasteiger partial charge in [0, 0.05) is 0 Å². The van der Waals surface area contributed by atoms with Gasteiger partial charge in [0.05, 0.1) is 12.5 Å². The molecule has 0 unspecified atom stereocenters. The third-order valence-electron chi connectivity index (χ3n) is 6.34. The van der Waals surface area contributed by atoms with E-state index >= 15 is 0 Å². The van der Waals surface area contributed by atoms with Crippen molar-refractivity contribution in [3.05, 3.63) is 0 Å². The van der Waals surface area contributed by atoms with E-state index in [9.17, 15) is 4.79 Å². The Hall–Kier alpha value is -0.530. The van der Waals surface area contributed by atoms with Crippen molar-refractivity contribution < 1.29 is 9.53 Å². The Morgan fingerprint density at radius 3 is 2.83 bits per heavy atom. The first-order valence-electron chi connectivity index (χ1n) is 7.84. The smallest absolute Gasteiger partial charge is 0.308 e. The molecule has 3 fully saturated rings. The second-order valence-corrected chi connectivity index (χ2v) is 6.84. The van der Waals surface area contributed by atoms with E-state index in [0.29, 0.717) is 12.0 Å². The van der Waals surface area contributed by atoms with Gasteiger partial charge in [-0.15, -0.1) is 0 Å². The monoisotopic (exact) mass is 250 g/mol. The Balaban J connectivity index is 1.75. The summed E-state index contributed by atoms with van der Waals surface area (Å²) < 4.78 is 5.26. The molecule has 0 saturated heterocycles. The van der Waals surface area contributed by atoms with Gasteiger partial charge >= 0.3 is 5.97 Å². The molecule has 0 N–H and O–H groups in total. The predicted octanol–water partition coefficient (Wildman–Crippen LogP) is 3.79. The number of hydrogen-bond acceptors (Lipinski definition) is 2. The van der Waals surface area contributed by atoms with Crippen molar-refractivity contribution in [1.29, 1.82) is 0 Å². The summed E-state index contributed by atoms with van der Waals surface area (Å²) in [7, 11) is 0. The molecule has 2 nitrogen and oxygen atoms in total. The molecule has 1 spiro atoms. The molecule has 0 heterocycles. The second kappa shape index (κ2) is 4.54. The summed E-state index contributed by atoms with van der Waals surface area (Å²) in [6.45, 7) is 4.90. The van der Waals surface area contributed by atoms with E-state index < -0.39 is 0 Å². The van der Waals surface area contributed by atoms with Crippen LogP contribution in [-0.2, 0) is 9.53 Å². The highest BCUT2D eigenvalue weighted by Gasteiger charge is 2.57. The summed E-state index contributed by atoms with van der Waals surface area (Å²) in [6, 6.07) is 0. The molecule has 0 aliphatic heterocycles. The van der Waals surface area contributed by atoms with Crippen molar-refractivity contribution in [3.8, 4) is 0 Å². The van der Waals surface area contributed by atoms with Crippen molar-refractivity contribution in [1.82, 2.24) is 0 Å². The maximum Gasteiger partial charge on any atom is 0.308 e. The Kier molecular flexibility index (Phi) is 3.15. The topological polar surface area (TPSA) is 26.3 Å². The van der Waals surface area contributed by atoms with Gasteiger partial charge < -0.3 is 4.74 Å². The number of esters is 1. The van der Waals surface area contributed by atoms with Crippen LogP contribution in [0.25, 0.3) is 0 Å². The van der Waals surface area contributed by atoms with Gasteiger partial charge in [-0.05, 0) is 68.6 Å². The van der Waals surface area contributed by atoms with Gasteiger partial charge in [0.25, 0.3) is 0 Å². The van der Waals surface area contributed by atoms with Gasteiger partial charge in [0.15, 0.2) is 0 Å². The summed E-state index contributed by atoms with van der Waals surface area (Å²) in [6.07, 6.45) is 9.08. The van der Waals surface area contributed by atoms with Crippen molar-refractivity contribution in [2.75, 3.05) is 6.61 Å². The molecule has 0 radical (unpaired) electrons. The Morgan fingerprint density at radius 2 is 2.17 bits per heavy atom. The maximum absolute atomic E-state index is 12.0. The van der Waals surface area contributed by atoms with E-state index in [0.717, 1.165) is 30.6 Å². The van der Waals surface area contributed by atoms with Crippen molar-refractivity contribution >= 4 is 5.97 Å². The first-order chi connectivity index (χ1) is 8.67. The SMILES string of the molecule is CCOC(=O)[C@@H]1CCC[C@]2(C1)[C@@H]1CC[C@@H](C1)[C@@H]2C. The molecule has 0 aromatic carbocycles. The van der Waals surface area contributed by atoms with Crippen LogP contribution in [0.3, 0.4) is 0 Å². The molecule has 3 saturated carbocycles. The van der Waals surface area contributed by atoms with Gasteiger partial charge in [-0.2, -0.15) is 0 Å². The molecule has 3 aliphatic rings. The predicted molar refractivity (Wildman–Crippen MR) is 71.0 cm³/mol. The van der Waals surface area contributed by atoms with Crippen molar-refractivity contribution in [3.63, 3.8) is 0 Å². The average molecular weight is 250 g/mol. The number of carbonyl (C=O) groups is 1. The highest BCUT2D eigenvalue weighted by molar-refractivity contribution is 5.72. The third kappa shape index (κ3) is 1.71. The number of carbonyl (C=O) groups excluding carboxylic acids is 1. The molecule has 18 heavy (non-hydrogen) atoms. The zero-order chi connectivity index (χ0) is 12.8. The lowest BCUT2D eigenvalue weighted by atomic mass is 9.57. The second-order valence-electron chi connectivity index (χ2n) is 6.84. The molecule has 0 aromatic heterocycles. The minimum Gasteiger partial charge on any atom is -0.466 e. The number of ether oxygens (including phenoxy) is 1. The highest BCUT2D eigenvalue weighted by atomic mass is 16.5. The Labute approximate surface area is 110 Å². The molecule has 2 bridgehead atoms. The van der Waals surface area contributed by atoms with Gasteiger partial charge in [-0.25, -0.2) is 0 Å². The van der Waals surface area contributed by atoms with Gasteiger partial charge in [-0.3, -0.25) is 4.79 Å². The van der Waals surface area contributed by atoms with E-state index in [2.05, 4.69) is 6.92 Å². The van der Waals surface area contributed by atoms with Crippen LogP contribution >= 0.6 is 0 Å². The third-order valence-corrected chi connectivity index (χ3v) is 6.34. The van der Waals surface area contributed by atoms with Gasteiger partial charge in [-0.1, -0.05) is 13.3 Å². The van der Waals surface area contributed by atoms with Crippen molar-refractivity contribution in [2.24, 2.45) is 29.1 Å². The Bertz CT molecular complexity index is 334. The fraction of sp³-hybridized carbons (Fsp3) is 0.938. The van der Waals surface area contributed by atoms with E-state index in [-0.39, 0.29) is 11.9 Å². The minimum atomic E-state index is 0.0755. The minimum absolute atomic E-state index is 0.0755. The summed E-state index contributed by atoms with van der Waals surface area (Å²) in [5.74, 6) is 2.98. The highest BCUT2D eigenvalue weighted by Crippen LogP contribution is 2.65. The van der Waals surface area contributed by atoms with Gasteiger partial charge in [0.1, 0.15) is 0 Å². The number of rotatable bonds is 2.